The second kappa shape index (κ2) is 8.05. The molecule has 0 bridgehead atoms. The Bertz CT molecular complexity index is 504. The number of nitrogens with two attached hydrogens (primary N) is 1. The maximum Gasteiger partial charge on any atom is 0.269 e. The quantitative estimate of drug-likeness (QED) is 0.443. The molecule has 3 N–H and O–H groups in total. The molecule has 19 heavy (non-hydrogen) atoms. The van der Waals surface area contributed by atoms with Crippen LogP contribution >= 0.6 is 12.4 Å². The predicted molar refractivity (Wildman–Crippen MR) is 73.8 cm³/mol. The lowest BCUT2D eigenvalue weighted by molar-refractivity contribution is -0.384. The Labute approximate surface area is 117 Å². The average molecular weight is 310 g/mol. The van der Waals surface area contributed by atoms with Gasteiger partial charge < -0.3 is 5.73 Å². The van der Waals surface area contributed by atoms with Crippen molar-refractivity contribution in [3.05, 3.63) is 34.4 Å². The van der Waals surface area contributed by atoms with Crippen molar-refractivity contribution in [2.75, 3.05) is 13.1 Å². The van der Waals surface area contributed by atoms with Gasteiger partial charge in [-0.2, -0.15) is 0 Å². The highest BCUT2D eigenvalue weighted by atomic mass is 35.5. The fraction of sp³-hybridized carbons (Fsp3) is 0.400. The second-order valence-electron chi connectivity index (χ2n) is 3.64. The zero-order chi connectivity index (χ0) is 13.6. The molecule has 0 saturated heterocycles. The van der Waals surface area contributed by atoms with E-state index >= 15 is 0 Å². The molecular formula is C10H16ClN3O4S. The van der Waals surface area contributed by atoms with E-state index in [1.54, 1.807) is 0 Å². The molecular weight excluding hydrogens is 294 g/mol. The van der Waals surface area contributed by atoms with Crippen molar-refractivity contribution >= 4 is 28.1 Å². The molecule has 0 fully saturated rings. The summed E-state index contributed by atoms with van der Waals surface area (Å²) in [5.74, 6) is 0. The van der Waals surface area contributed by atoms with E-state index in [2.05, 4.69) is 4.72 Å². The first-order valence-corrected chi connectivity index (χ1v) is 6.90. The van der Waals surface area contributed by atoms with Crippen LogP contribution in [0.4, 0.5) is 5.69 Å². The van der Waals surface area contributed by atoms with Gasteiger partial charge in [-0.25, -0.2) is 13.1 Å². The van der Waals surface area contributed by atoms with Crippen LogP contribution in [0.25, 0.3) is 0 Å². The maximum atomic E-state index is 11.8. The summed E-state index contributed by atoms with van der Waals surface area (Å²) in [5, 5.41) is 10.4. The van der Waals surface area contributed by atoms with Gasteiger partial charge in [-0.3, -0.25) is 10.1 Å². The van der Waals surface area contributed by atoms with Gasteiger partial charge in [0.1, 0.15) is 0 Å². The molecule has 0 spiro atoms. The Kier molecular flexibility index (Phi) is 7.53. The van der Waals surface area contributed by atoms with E-state index in [0.717, 1.165) is 18.6 Å². The summed E-state index contributed by atoms with van der Waals surface area (Å²) in [5.41, 5.74) is 5.15. The van der Waals surface area contributed by atoms with E-state index in [1.165, 1.54) is 12.1 Å². The zero-order valence-corrected chi connectivity index (χ0v) is 11.7. The van der Waals surface area contributed by atoms with Gasteiger partial charge in [0.2, 0.25) is 10.0 Å². The molecule has 0 radical (unpaired) electrons. The number of nitro groups is 1. The van der Waals surface area contributed by atoms with E-state index in [0.29, 0.717) is 19.5 Å². The molecule has 1 aromatic rings. The summed E-state index contributed by atoms with van der Waals surface area (Å²) < 4.78 is 25.9. The number of hydrogen-bond donors (Lipinski definition) is 2. The average Bonchev–Trinajstić information content (AvgIpc) is 2.35. The molecule has 0 atom stereocenters. The first kappa shape index (κ1) is 17.8. The van der Waals surface area contributed by atoms with E-state index in [9.17, 15) is 18.5 Å². The summed E-state index contributed by atoms with van der Waals surface area (Å²) in [6.45, 7) is 0.815. The molecule has 108 valence electrons. The normalized spacial score (nSPS) is 10.8. The van der Waals surface area contributed by atoms with Crippen LogP contribution in [0.2, 0.25) is 0 Å². The zero-order valence-electron chi connectivity index (χ0n) is 10.1. The number of nitrogens with one attached hydrogen (secondary N) is 1. The van der Waals surface area contributed by atoms with Crippen LogP contribution < -0.4 is 10.5 Å². The van der Waals surface area contributed by atoms with Crippen molar-refractivity contribution in [2.24, 2.45) is 5.73 Å². The predicted octanol–water partition coefficient (Wildman–Crippen LogP) is 1.03. The van der Waals surface area contributed by atoms with Gasteiger partial charge in [0, 0.05) is 18.7 Å². The van der Waals surface area contributed by atoms with Gasteiger partial charge in [-0.05, 0) is 31.5 Å². The van der Waals surface area contributed by atoms with Crippen LogP contribution in [0.3, 0.4) is 0 Å². The van der Waals surface area contributed by atoms with E-state index in [4.69, 9.17) is 5.73 Å². The molecule has 0 heterocycles. The highest BCUT2D eigenvalue weighted by Crippen LogP contribution is 2.15. The Balaban J connectivity index is 0.00000324. The molecule has 0 aliphatic carbocycles. The summed E-state index contributed by atoms with van der Waals surface area (Å²) in [6, 6.07) is 4.75. The fourth-order valence-corrected chi connectivity index (χ4v) is 2.38. The van der Waals surface area contributed by atoms with Crippen LogP contribution in [0.1, 0.15) is 12.8 Å². The third-order valence-electron chi connectivity index (χ3n) is 2.28. The number of benzene rings is 1. The maximum absolute atomic E-state index is 11.8. The van der Waals surface area contributed by atoms with Crippen molar-refractivity contribution in [2.45, 2.75) is 17.7 Å². The number of nitrogens with zero attached hydrogens (tertiary/aromatic N) is 1. The van der Waals surface area contributed by atoms with Gasteiger partial charge in [0.15, 0.2) is 0 Å². The van der Waals surface area contributed by atoms with Crippen LogP contribution in [0, 0.1) is 10.1 Å². The van der Waals surface area contributed by atoms with Crippen LogP contribution in [-0.2, 0) is 10.0 Å². The SMILES string of the molecule is Cl.NCCCCNS(=O)(=O)c1ccc([N+](=O)[O-])cc1. The standard InChI is InChI=1S/C10H15N3O4S.ClH/c11-7-1-2-8-12-18(16,17)10-5-3-9(4-6-10)13(14)15;/h3-6,12H,1-2,7-8,11H2;1H. The third-order valence-corrected chi connectivity index (χ3v) is 3.76. The first-order chi connectivity index (χ1) is 8.47. The van der Waals surface area contributed by atoms with E-state index in [-0.39, 0.29) is 23.0 Å². The number of unbranched alkanes of at least 4 members (excludes halogenated alkanes) is 1. The smallest absolute Gasteiger partial charge is 0.269 e. The van der Waals surface area contributed by atoms with Gasteiger partial charge in [-0.1, -0.05) is 0 Å². The van der Waals surface area contributed by atoms with E-state index < -0.39 is 14.9 Å². The Morgan fingerprint density at radius 2 is 1.79 bits per heavy atom. The molecule has 0 saturated carbocycles. The van der Waals surface area contributed by atoms with Gasteiger partial charge >= 0.3 is 0 Å². The summed E-state index contributed by atoms with van der Waals surface area (Å²) in [4.78, 5) is 9.87. The molecule has 0 amide bonds. The lowest BCUT2D eigenvalue weighted by Gasteiger charge is -2.05. The van der Waals surface area contributed by atoms with Crippen molar-refractivity contribution in [1.82, 2.24) is 4.72 Å². The van der Waals surface area contributed by atoms with Gasteiger partial charge in [-0.15, -0.1) is 12.4 Å². The minimum Gasteiger partial charge on any atom is -0.330 e. The third kappa shape index (κ3) is 5.52. The fourth-order valence-electron chi connectivity index (χ4n) is 1.31. The number of hydrogen-bond acceptors (Lipinski definition) is 5. The molecule has 9 heteroatoms. The molecule has 0 aromatic heterocycles. The molecule has 0 aliphatic rings. The molecule has 7 nitrogen and oxygen atoms in total. The topological polar surface area (TPSA) is 115 Å². The van der Waals surface area contributed by atoms with Crippen molar-refractivity contribution in [1.29, 1.82) is 0 Å². The molecule has 0 aliphatic heterocycles. The Hall–Kier alpha value is -1.22. The van der Waals surface area contributed by atoms with Gasteiger partial charge in [0.25, 0.3) is 5.69 Å². The summed E-state index contributed by atoms with van der Waals surface area (Å²) >= 11 is 0. The highest BCUT2D eigenvalue weighted by molar-refractivity contribution is 7.89. The Morgan fingerprint density at radius 1 is 1.21 bits per heavy atom. The number of rotatable bonds is 7. The van der Waals surface area contributed by atoms with Crippen molar-refractivity contribution in [3.8, 4) is 0 Å². The van der Waals surface area contributed by atoms with Crippen molar-refractivity contribution in [3.63, 3.8) is 0 Å². The second-order valence-corrected chi connectivity index (χ2v) is 5.41. The number of halogens is 1. The monoisotopic (exact) mass is 309 g/mol. The van der Waals surface area contributed by atoms with E-state index in [1.807, 2.05) is 0 Å². The first-order valence-electron chi connectivity index (χ1n) is 5.41. The number of sulfonamides is 1. The lowest BCUT2D eigenvalue weighted by Crippen LogP contribution is -2.25. The summed E-state index contributed by atoms with van der Waals surface area (Å²) in [7, 11) is -3.60. The molecule has 0 unspecified atom stereocenters. The lowest BCUT2D eigenvalue weighted by atomic mass is 10.3. The highest BCUT2D eigenvalue weighted by Gasteiger charge is 2.14. The van der Waals surface area contributed by atoms with Crippen LogP contribution in [0.5, 0.6) is 0 Å². The number of nitro benzene ring substituents is 1. The summed E-state index contributed by atoms with van der Waals surface area (Å²) in [6.07, 6.45) is 1.39. The molecule has 1 rings (SSSR count). The number of non-ortho nitro benzene ring substituents is 1. The largest absolute Gasteiger partial charge is 0.330 e. The molecule has 1 aromatic carbocycles. The Morgan fingerprint density at radius 3 is 2.26 bits per heavy atom. The minimum absolute atomic E-state index is 0. The van der Waals surface area contributed by atoms with Crippen molar-refractivity contribution < 1.29 is 13.3 Å². The van der Waals surface area contributed by atoms with Crippen LogP contribution in [0.15, 0.2) is 29.2 Å². The van der Waals surface area contributed by atoms with Crippen LogP contribution in [-0.4, -0.2) is 26.4 Å². The van der Waals surface area contributed by atoms with Gasteiger partial charge in [0.05, 0.1) is 9.82 Å². The minimum atomic E-state index is -3.60.